The highest BCUT2D eigenvalue weighted by molar-refractivity contribution is 5.47. The summed E-state index contributed by atoms with van der Waals surface area (Å²) in [6.45, 7) is 1.05. The Morgan fingerprint density at radius 1 is 1.35 bits per heavy atom. The van der Waals surface area contributed by atoms with Gasteiger partial charge >= 0.3 is 0 Å². The third-order valence-corrected chi connectivity index (χ3v) is 3.18. The maximum atomic E-state index is 4.39. The van der Waals surface area contributed by atoms with Gasteiger partial charge in [0.2, 0.25) is 0 Å². The second kappa shape index (κ2) is 5.71. The van der Waals surface area contributed by atoms with Gasteiger partial charge < -0.3 is 10.2 Å². The molecule has 0 fully saturated rings. The molecule has 1 heterocycles. The molecule has 1 aromatic rings. The van der Waals surface area contributed by atoms with Crippen molar-refractivity contribution in [3.63, 3.8) is 0 Å². The van der Waals surface area contributed by atoms with Crippen LogP contribution < -0.4 is 10.2 Å². The fraction of sp³-hybridized carbons (Fsp3) is 0.500. The zero-order chi connectivity index (χ0) is 12.1. The van der Waals surface area contributed by atoms with E-state index in [0.29, 0.717) is 0 Å². The summed E-state index contributed by atoms with van der Waals surface area (Å²) in [5.74, 6) is 1.77. The van der Waals surface area contributed by atoms with Crippen LogP contribution in [0.5, 0.6) is 0 Å². The van der Waals surface area contributed by atoms with E-state index in [4.69, 9.17) is 0 Å². The SMILES string of the molecule is CN(C)c1ccc(NCC2CC=CCC2)cn1. The largest absolute Gasteiger partial charge is 0.384 e. The van der Waals surface area contributed by atoms with Crippen molar-refractivity contribution < 1.29 is 0 Å². The van der Waals surface area contributed by atoms with Gasteiger partial charge in [-0.05, 0) is 37.3 Å². The molecule has 0 amide bonds. The van der Waals surface area contributed by atoms with Gasteiger partial charge in [0.25, 0.3) is 0 Å². The van der Waals surface area contributed by atoms with Crippen LogP contribution in [0.3, 0.4) is 0 Å². The Balaban J connectivity index is 1.84. The molecular weight excluding hydrogens is 210 g/mol. The Morgan fingerprint density at radius 3 is 2.82 bits per heavy atom. The average Bonchev–Trinajstić information content (AvgIpc) is 2.38. The standard InChI is InChI=1S/C14H21N3/c1-17(2)14-9-8-13(11-16-14)15-10-12-6-4-3-5-7-12/h3-4,8-9,11-12,15H,5-7,10H2,1-2H3. The summed E-state index contributed by atoms with van der Waals surface area (Å²) in [7, 11) is 4.01. The highest BCUT2D eigenvalue weighted by Gasteiger charge is 2.09. The van der Waals surface area contributed by atoms with Gasteiger partial charge in [0.15, 0.2) is 0 Å². The lowest BCUT2D eigenvalue weighted by molar-refractivity contribution is 0.504. The van der Waals surface area contributed by atoms with E-state index >= 15 is 0 Å². The lowest BCUT2D eigenvalue weighted by atomic mass is 9.94. The minimum Gasteiger partial charge on any atom is -0.384 e. The summed E-state index contributed by atoms with van der Waals surface area (Å²) < 4.78 is 0. The normalized spacial score (nSPS) is 19.1. The number of nitrogens with one attached hydrogen (secondary N) is 1. The number of hydrogen-bond acceptors (Lipinski definition) is 3. The number of hydrogen-bond donors (Lipinski definition) is 1. The molecular formula is C14H21N3. The summed E-state index contributed by atoms with van der Waals surface area (Å²) >= 11 is 0. The van der Waals surface area contributed by atoms with Gasteiger partial charge in [0, 0.05) is 20.6 Å². The van der Waals surface area contributed by atoms with E-state index in [1.165, 1.54) is 19.3 Å². The third kappa shape index (κ3) is 3.48. The molecule has 1 atom stereocenters. The topological polar surface area (TPSA) is 28.2 Å². The molecule has 0 radical (unpaired) electrons. The molecule has 0 aromatic carbocycles. The van der Waals surface area contributed by atoms with E-state index in [1.807, 2.05) is 31.3 Å². The van der Waals surface area contributed by atoms with E-state index in [-0.39, 0.29) is 0 Å². The van der Waals surface area contributed by atoms with Crippen LogP contribution in [0.1, 0.15) is 19.3 Å². The molecule has 3 nitrogen and oxygen atoms in total. The first-order chi connectivity index (χ1) is 8.25. The van der Waals surface area contributed by atoms with Crippen LogP contribution in [-0.4, -0.2) is 25.6 Å². The minimum absolute atomic E-state index is 0.772. The van der Waals surface area contributed by atoms with Crippen molar-refractivity contribution in [2.75, 3.05) is 30.9 Å². The molecule has 1 unspecified atom stereocenters. The van der Waals surface area contributed by atoms with Gasteiger partial charge in [-0.1, -0.05) is 12.2 Å². The molecule has 0 aliphatic heterocycles. The monoisotopic (exact) mass is 231 g/mol. The average molecular weight is 231 g/mol. The van der Waals surface area contributed by atoms with Crippen LogP contribution in [0, 0.1) is 5.92 Å². The summed E-state index contributed by atoms with van der Waals surface area (Å²) in [6.07, 6.45) is 10.2. The summed E-state index contributed by atoms with van der Waals surface area (Å²) in [4.78, 5) is 6.40. The fourth-order valence-corrected chi connectivity index (χ4v) is 2.06. The number of nitrogens with zero attached hydrogens (tertiary/aromatic N) is 2. The molecule has 3 heteroatoms. The smallest absolute Gasteiger partial charge is 0.128 e. The second-order valence-corrected chi connectivity index (χ2v) is 4.83. The first kappa shape index (κ1) is 12.0. The molecule has 17 heavy (non-hydrogen) atoms. The van der Waals surface area contributed by atoms with Crippen LogP contribution >= 0.6 is 0 Å². The number of rotatable bonds is 4. The summed E-state index contributed by atoms with van der Waals surface area (Å²) in [5.41, 5.74) is 1.12. The lowest BCUT2D eigenvalue weighted by Crippen LogP contribution is -2.16. The first-order valence-corrected chi connectivity index (χ1v) is 6.28. The highest BCUT2D eigenvalue weighted by atomic mass is 15.1. The van der Waals surface area contributed by atoms with Gasteiger partial charge in [-0.15, -0.1) is 0 Å². The number of aromatic nitrogens is 1. The minimum atomic E-state index is 0.772. The van der Waals surface area contributed by atoms with E-state index < -0.39 is 0 Å². The van der Waals surface area contributed by atoms with Gasteiger partial charge in [-0.3, -0.25) is 0 Å². The van der Waals surface area contributed by atoms with Crippen LogP contribution in [-0.2, 0) is 0 Å². The summed E-state index contributed by atoms with van der Waals surface area (Å²) in [6, 6.07) is 4.14. The van der Waals surface area contributed by atoms with Crippen molar-refractivity contribution >= 4 is 11.5 Å². The second-order valence-electron chi connectivity index (χ2n) is 4.83. The van der Waals surface area contributed by atoms with Crippen molar-refractivity contribution in [3.05, 3.63) is 30.5 Å². The van der Waals surface area contributed by atoms with Crippen LogP contribution in [0.4, 0.5) is 11.5 Å². The Labute approximate surface area is 104 Å². The molecule has 1 aliphatic rings. The third-order valence-electron chi connectivity index (χ3n) is 3.18. The molecule has 2 rings (SSSR count). The van der Waals surface area contributed by atoms with Crippen LogP contribution in [0.25, 0.3) is 0 Å². The predicted octanol–water partition coefficient (Wildman–Crippen LogP) is 2.92. The summed E-state index contributed by atoms with van der Waals surface area (Å²) in [5, 5.41) is 3.47. The molecule has 92 valence electrons. The Kier molecular flexibility index (Phi) is 4.02. The zero-order valence-corrected chi connectivity index (χ0v) is 10.7. The Bertz CT molecular complexity index is 368. The molecule has 0 bridgehead atoms. The Hall–Kier alpha value is -1.51. The molecule has 1 N–H and O–H groups in total. The van der Waals surface area contributed by atoms with Crippen molar-refractivity contribution in [2.24, 2.45) is 5.92 Å². The molecule has 0 saturated carbocycles. The van der Waals surface area contributed by atoms with Crippen molar-refractivity contribution in [3.8, 4) is 0 Å². The van der Waals surface area contributed by atoms with Crippen molar-refractivity contribution in [1.29, 1.82) is 0 Å². The van der Waals surface area contributed by atoms with E-state index in [2.05, 4.69) is 28.5 Å². The molecule has 1 aromatic heterocycles. The number of anilines is 2. The van der Waals surface area contributed by atoms with E-state index in [9.17, 15) is 0 Å². The number of pyridine rings is 1. The predicted molar refractivity (Wildman–Crippen MR) is 73.5 cm³/mol. The van der Waals surface area contributed by atoms with E-state index in [0.717, 1.165) is 24.0 Å². The molecule has 0 spiro atoms. The van der Waals surface area contributed by atoms with Gasteiger partial charge in [-0.2, -0.15) is 0 Å². The lowest BCUT2D eigenvalue weighted by Gasteiger charge is -2.19. The first-order valence-electron chi connectivity index (χ1n) is 6.28. The molecule has 0 saturated heterocycles. The maximum absolute atomic E-state index is 4.39. The molecule has 1 aliphatic carbocycles. The van der Waals surface area contributed by atoms with Crippen LogP contribution in [0.15, 0.2) is 30.5 Å². The highest BCUT2D eigenvalue weighted by Crippen LogP contribution is 2.19. The van der Waals surface area contributed by atoms with Gasteiger partial charge in [0.1, 0.15) is 5.82 Å². The zero-order valence-electron chi connectivity index (χ0n) is 10.7. The quantitative estimate of drug-likeness (QED) is 0.808. The fourth-order valence-electron chi connectivity index (χ4n) is 2.06. The van der Waals surface area contributed by atoms with Crippen LogP contribution in [0.2, 0.25) is 0 Å². The van der Waals surface area contributed by atoms with E-state index in [1.54, 1.807) is 0 Å². The van der Waals surface area contributed by atoms with Crippen molar-refractivity contribution in [1.82, 2.24) is 4.98 Å². The van der Waals surface area contributed by atoms with Crippen molar-refractivity contribution in [2.45, 2.75) is 19.3 Å². The Morgan fingerprint density at radius 2 is 2.24 bits per heavy atom. The number of allylic oxidation sites excluding steroid dienone is 2. The maximum Gasteiger partial charge on any atom is 0.128 e. The van der Waals surface area contributed by atoms with Gasteiger partial charge in [0.05, 0.1) is 11.9 Å². The van der Waals surface area contributed by atoms with Gasteiger partial charge in [-0.25, -0.2) is 4.98 Å².